The van der Waals surface area contributed by atoms with Crippen LogP contribution < -0.4 is 5.32 Å². The average molecular weight is 399 g/mol. The third-order valence-electron chi connectivity index (χ3n) is 4.52. The Kier molecular flexibility index (Phi) is 5.48. The zero-order valence-corrected chi connectivity index (χ0v) is 15.9. The van der Waals surface area contributed by atoms with Gasteiger partial charge in [-0.05, 0) is 54.1 Å². The number of halogens is 1. The lowest BCUT2D eigenvalue weighted by molar-refractivity contribution is -0.115. The fraction of sp³-hybridized carbons (Fsp3) is 0.0417. The molecule has 0 atom stereocenters. The monoisotopic (exact) mass is 399 g/mol. The first-order valence-electron chi connectivity index (χ1n) is 9.34. The molecular formula is C24H18FN3O2. The van der Waals surface area contributed by atoms with Crippen molar-refractivity contribution in [1.82, 2.24) is 9.97 Å². The minimum Gasteiger partial charge on any atom is -0.508 e. The number of phenolic OH excluding ortho intramolecular Hbond substituents is 1. The zero-order valence-electron chi connectivity index (χ0n) is 15.9. The maximum Gasteiger partial charge on any atom is 0.230 e. The van der Waals surface area contributed by atoms with E-state index >= 15 is 0 Å². The minimum atomic E-state index is -0.338. The molecule has 1 amide bonds. The number of aromatic hydroxyl groups is 1. The number of phenols is 1. The van der Waals surface area contributed by atoms with Gasteiger partial charge in [-0.25, -0.2) is 14.4 Å². The highest BCUT2D eigenvalue weighted by molar-refractivity contribution is 5.94. The number of carbonyl (C=O) groups is 1. The Morgan fingerprint density at radius 1 is 0.900 bits per heavy atom. The van der Waals surface area contributed by atoms with Crippen LogP contribution in [0.2, 0.25) is 0 Å². The van der Waals surface area contributed by atoms with Gasteiger partial charge in [0.1, 0.15) is 17.3 Å². The Morgan fingerprint density at radius 2 is 1.57 bits per heavy atom. The van der Waals surface area contributed by atoms with E-state index in [1.165, 1.54) is 30.5 Å². The predicted molar refractivity (Wildman–Crippen MR) is 113 cm³/mol. The molecule has 1 heterocycles. The molecule has 4 aromatic rings. The SMILES string of the molecule is O=C(Cc1ccccc1)Nc1ncc(-c2ccc(F)cc2)nc1-c1ccc(O)cc1. The average Bonchev–Trinajstić information content (AvgIpc) is 2.76. The van der Waals surface area contributed by atoms with Gasteiger partial charge in [0.25, 0.3) is 0 Å². The molecule has 1 aromatic heterocycles. The lowest BCUT2D eigenvalue weighted by Gasteiger charge is -2.12. The van der Waals surface area contributed by atoms with Gasteiger partial charge in [-0.15, -0.1) is 0 Å². The first-order chi connectivity index (χ1) is 14.6. The van der Waals surface area contributed by atoms with Gasteiger partial charge in [-0.2, -0.15) is 0 Å². The van der Waals surface area contributed by atoms with E-state index in [9.17, 15) is 14.3 Å². The first kappa shape index (κ1) is 19.3. The van der Waals surface area contributed by atoms with E-state index in [2.05, 4.69) is 15.3 Å². The quantitative estimate of drug-likeness (QED) is 0.504. The van der Waals surface area contributed by atoms with Crippen molar-refractivity contribution >= 4 is 11.7 Å². The molecule has 6 heteroatoms. The molecule has 4 rings (SSSR count). The number of hydrogen-bond acceptors (Lipinski definition) is 4. The van der Waals surface area contributed by atoms with Crippen LogP contribution in [0.15, 0.2) is 85.1 Å². The van der Waals surface area contributed by atoms with Crippen LogP contribution in [0.3, 0.4) is 0 Å². The van der Waals surface area contributed by atoms with E-state index in [-0.39, 0.29) is 23.9 Å². The first-order valence-corrected chi connectivity index (χ1v) is 9.34. The van der Waals surface area contributed by atoms with Crippen LogP contribution in [0.4, 0.5) is 10.2 Å². The Balaban J connectivity index is 1.69. The van der Waals surface area contributed by atoms with Crippen LogP contribution in [-0.2, 0) is 11.2 Å². The van der Waals surface area contributed by atoms with E-state index in [0.717, 1.165) is 5.56 Å². The van der Waals surface area contributed by atoms with E-state index < -0.39 is 0 Å². The van der Waals surface area contributed by atoms with Crippen molar-refractivity contribution in [3.05, 3.63) is 96.4 Å². The van der Waals surface area contributed by atoms with E-state index in [0.29, 0.717) is 28.3 Å². The van der Waals surface area contributed by atoms with Crippen molar-refractivity contribution in [3.63, 3.8) is 0 Å². The second-order valence-corrected chi connectivity index (χ2v) is 6.72. The summed E-state index contributed by atoms with van der Waals surface area (Å²) in [5.41, 5.74) is 3.26. The topological polar surface area (TPSA) is 75.1 Å². The van der Waals surface area contributed by atoms with Crippen LogP contribution in [0, 0.1) is 5.82 Å². The zero-order chi connectivity index (χ0) is 20.9. The Bertz CT molecular complexity index is 1160. The number of carbonyl (C=O) groups excluding carboxylic acids is 1. The van der Waals surface area contributed by atoms with Crippen LogP contribution in [0.1, 0.15) is 5.56 Å². The van der Waals surface area contributed by atoms with Gasteiger partial charge < -0.3 is 10.4 Å². The van der Waals surface area contributed by atoms with E-state index in [4.69, 9.17) is 0 Å². The maximum atomic E-state index is 13.3. The highest BCUT2D eigenvalue weighted by atomic mass is 19.1. The molecule has 0 bridgehead atoms. The summed E-state index contributed by atoms with van der Waals surface area (Å²) in [6.45, 7) is 0. The van der Waals surface area contributed by atoms with Gasteiger partial charge in [0.05, 0.1) is 18.3 Å². The Hall–Kier alpha value is -4.06. The number of nitrogens with zero attached hydrogens (tertiary/aromatic N) is 2. The molecule has 0 unspecified atom stereocenters. The van der Waals surface area contributed by atoms with Gasteiger partial charge in [0.15, 0.2) is 5.82 Å². The summed E-state index contributed by atoms with van der Waals surface area (Å²) in [6.07, 6.45) is 1.74. The smallest absolute Gasteiger partial charge is 0.230 e. The number of aromatic nitrogens is 2. The van der Waals surface area contributed by atoms with Gasteiger partial charge >= 0.3 is 0 Å². The highest BCUT2D eigenvalue weighted by Gasteiger charge is 2.14. The molecule has 0 saturated heterocycles. The van der Waals surface area contributed by atoms with Crippen LogP contribution in [0.5, 0.6) is 5.75 Å². The van der Waals surface area contributed by atoms with Gasteiger partial charge in [-0.1, -0.05) is 30.3 Å². The molecule has 0 aliphatic heterocycles. The summed E-state index contributed by atoms with van der Waals surface area (Å²) in [5, 5.41) is 12.4. The molecule has 0 saturated carbocycles. The third-order valence-corrected chi connectivity index (χ3v) is 4.52. The molecule has 0 radical (unpaired) electrons. The highest BCUT2D eigenvalue weighted by Crippen LogP contribution is 2.29. The number of nitrogens with one attached hydrogen (secondary N) is 1. The van der Waals surface area contributed by atoms with E-state index in [1.54, 1.807) is 24.3 Å². The summed E-state index contributed by atoms with van der Waals surface area (Å²) < 4.78 is 13.3. The fourth-order valence-corrected chi connectivity index (χ4v) is 3.02. The summed E-state index contributed by atoms with van der Waals surface area (Å²) >= 11 is 0. The molecule has 2 N–H and O–H groups in total. The Labute approximate surface area is 172 Å². The van der Waals surface area contributed by atoms with Gasteiger partial charge in [0, 0.05) is 11.1 Å². The molecule has 0 fully saturated rings. The molecule has 0 aliphatic carbocycles. The molecular weight excluding hydrogens is 381 g/mol. The molecule has 148 valence electrons. The lowest BCUT2D eigenvalue weighted by atomic mass is 10.1. The third kappa shape index (κ3) is 4.50. The maximum absolute atomic E-state index is 13.3. The lowest BCUT2D eigenvalue weighted by Crippen LogP contribution is -2.16. The number of amides is 1. The fourth-order valence-electron chi connectivity index (χ4n) is 3.02. The number of rotatable bonds is 5. The van der Waals surface area contributed by atoms with Crippen LogP contribution in [0.25, 0.3) is 22.5 Å². The molecule has 30 heavy (non-hydrogen) atoms. The molecule has 0 spiro atoms. The van der Waals surface area contributed by atoms with Crippen molar-refractivity contribution in [3.8, 4) is 28.3 Å². The largest absolute Gasteiger partial charge is 0.508 e. The predicted octanol–water partition coefficient (Wildman–Crippen LogP) is 4.84. The summed E-state index contributed by atoms with van der Waals surface area (Å²) in [6, 6.07) is 21.8. The second-order valence-electron chi connectivity index (χ2n) is 6.72. The standard InChI is InChI=1S/C24H18FN3O2/c25-19-10-6-17(7-11-19)21-15-26-24(23(27-21)18-8-12-20(29)13-9-18)28-22(30)14-16-4-2-1-3-5-16/h1-13,15,29H,14H2,(H,26,28,30). The normalized spacial score (nSPS) is 10.6. The van der Waals surface area contributed by atoms with Gasteiger partial charge in [0.2, 0.25) is 5.91 Å². The van der Waals surface area contributed by atoms with Crippen molar-refractivity contribution in [2.24, 2.45) is 0 Å². The minimum absolute atomic E-state index is 0.121. The number of hydrogen-bond donors (Lipinski definition) is 2. The molecule has 3 aromatic carbocycles. The van der Waals surface area contributed by atoms with Crippen LogP contribution >= 0.6 is 0 Å². The van der Waals surface area contributed by atoms with E-state index in [1.807, 2.05) is 30.3 Å². The number of benzene rings is 3. The van der Waals surface area contributed by atoms with Crippen molar-refractivity contribution < 1.29 is 14.3 Å². The molecule has 5 nitrogen and oxygen atoms in total. The summed E-state index contributed by atoms with van der Waals surface area (Å²) in [5.74, 6) is -0.121. The Morgan fingerprint density at radius 3 is 2.27 bits per heavy atom. The van der Waals surface area contributed by atoms with Crippen LogP contribution in [-0.4, -0.2) is 21.0 Å². The van der Waals surface area contributed by atoms with Gasteiger partial charge in [-0.3, -0.25) is 4.79 Å². The second kappa shape index (κ2) is 8.53. The number of anilines is 1. The summed E-state index contributed by atoms with van der Waals surface area (Å²) in [4.78, 5) is 21.6. The van der Waals surface area contributed by atoms with Crippen molar-refractivity contribution in [1.29, 1.82) is 0 Å². The molecule has 0 aliphatic rings. The van der Waals surface area contributed by atoms with Crippen molar-refractivity contribution in [2.75, 3.05) is 5.32 Å². The summed E-state index contributed by atoms with van der Waals surface area (Å²) in [7, 11) is 0. The van der Waals surface area contributed by atoms with Crippen molar-refractivity contribution in [2.45, 2.75) is 6.42 Å².